The van der Waals surface area contributed by atoms with Crippen LogP contribution in [0, 0.1) is 23.7 Å². The molecule has 1 aliphatic heterocycles. The molecule has 9 atom stereocenters. The van der Waals surface area contributed by atoms with Crippen molar-refractivity contribution >= 4 is 29.6 Å². The van der Waals surface area contributed by atoms with E-state index in [0.29, 0.717) is 13.0 Å². The maximum atomic E-state index is 14.4. The summed E-state index contributed by atoms with van der Waals surface area (Å²) < 4.78 is 17.7. The zero-order valence-corrected chi connectivity index (χ0v) is 37.6. The highest BCUT2D eigenvalue weighted by Gasteiger charge is 2.44. The van der Waals surface area contributed by atoms with Gasteiger partial charge in [-0.05, 0) is 64.0 Å². The summed E-state index contributed by atoms with van der Waals surface area (Å²) in [5.41, 5.74) is 0.134. The van der Waals surface area contributed by atoms with Gasteiger partial charge in [0.1, 0.15) is 17.7 Å². The Kier molecular flexibility index (Phi) is 19.6. The van der Waals surface area contributed by atoms with Crippen LogP contribution in [0.25, 0.3) is 0 Å². The Morgan fingerprint density at radius 3 is 2.00 bits per heavy atom. The van der Waals surface area contributed by atoms with E-state index in [2.05, 4.69) is 10.6 Å². The predicted molar refractivity (Wildman–Crippen MR) is 223 cm³/mol. The summed E-state index contributed by atoms with van der Waals surface area (Å²) >= 11 is 0. The van der Waals surface area contributed by atoms with Crippen LogP contribution in [0.4, 0.5) is 0 Å². The van der Waals surface area contributed by atoms with Crippen molar-refractivity contribution in [2.24, 2.45) is 23.7 Å². The number of nitrogens with one attached hydrogen (secondary N) is 2. The second-order valence-electron chi connectivity index (χ2n) is 17.5. The lowest BCUT2D eigenvalue weighted by molar-refractivity contribution is -0.159. The fourth-order valence-electron chi connectivity index (χ4n) is 8.23. The van der Waals surface area contributed by atoms with Crippen LogP contribution in [-0.4, -0.2) is 134 Å². The SMILES string of the molecule is CC[C@H](C)[C@@H]([C@@H](CC(=O)N1CCC[C@H]1[C@H](OC)[C@@H](C)C(=O)N[C@@H](Cc1ccccc1)C(=O)OC(C)(C)C)OC)N(C)C(=O)[C@H](C(C)C)N(C)C(=O)[C@@H](NC)C(C)C. The normalized spacial score (nSPS) is 18.9. The zero-order valence-electron chi connectivity index (χ0n) is 37.6. The van der Waals surface area contributed by atoms with Crippen molar-refractivity contribution in [3.8, 4) is 0 Å². The van der Waals surface area contributed by atoms with Gasteiger partial charge in [-0.3, -0.25) is 19.2 Å². The molecule has 2 rings (SSSR count). The molecular formula is C44H75N5O8. The number of carbonyl (C=O) groups excluding carboxylic acids is 5. The third kappa shape index (κ3) is 13.5. The molecule has 2 N–H and O–H groups in total. The summed E-state index contributed by atoms with van der Waals surface area (Å²) in [5.74, 6) is -2.33. The molecule has 1 fully saturated rings. The van der Waals surface area contributed by atoms with Crippen molar-refractivity contribution in [3.05, 3.63) is 35.9 Å². The molecule has 1 heterocycles. The lowest BCUT2D eigenvalue weighted by Crippen LogP contribution is -2.60. The summed E-state index contributed by atoms with van der Waals surface area (Å²) in [6, 6.07) is 6.49. The van der Waals surface area contributed by atoms with Crippen LogP contribution in [0.1, 0.15) is 100 Å². The van der Waals surface area contributed by atoms with Crippen molar-refractivity contribution in [2.45, 2.75) is 149 Å². The van der Waals surface area contributed by atoms with Gasteiger partial charge in [-0.15, -0.1) is 0 Å². The number of ether oxygens (including phenoxy) is 3. The van der Waals surface area contributed by atoms with Crippen molar-refractivity contribution in [1.82, 2.24) is 25.3 Å². The molecule has 0 saturated carbocycles. The van der Waals surface area contributed by atoms with E-state index in [1.807, 2.05) is 71.9 Å². The fraction of sp³-hybridized carbons (Fsp3) is 0.750. The molecule has 13 heteroatoms. The molecule has 13 nitrogen and oxygen atoms in total. The number of rotatable bonds is 21. The molecular weight excluding hydrogens is 727 g/mol. The Labute approximate surface area is 343 Å². The monoisotopic (exact) mass is 802 g/mol. The number of methoxy groups -OCH3 is 2. The molecule has 324 valence electrons. The molecule has 1 aromatic carbocycles. The lowest BCUT2D eigenvalue weighted by atomic mass is 9.89. The number of hydrogen-bond donors (Lipinski definition) is 2. The van der Waals surface area contributed by atoms with Gasteiger partial charge in [0.15, 0.2) is 0 Å². The van der Waals surface area contributed by atoms with E-state index in [-0.39, 0.29) is 54.2 Å². The Hall–Kier alpha value is -3.55. The van der Waals surface area contributed by atoms with Crippen molar-refractivity contribution < 1.29 is 38.2 Å². The highest BCUT2D eigenvalue weighted by atomic mass is 16.6. The van der Waals surface area contributed by atoms with Crippen molar-refractivity contribution in [2.75, 3.05) is 41.9 Å². The number of benzene rings is 1. The Balaban J connectivity index is 2.34. The molecule has 0 unspecified atom stereocenters. The average Bonchev–Trinajstić information content (AvgIpc) is 3.63. The van der Waals surface area contributed by atoms with Crippen LogP contribution in [-0.2, 0) is 44.6 Å². The number of hydrogen-bond acceptors (Lipinski definition) is 9. The van der Waals surface area contributed by atoms with Gasteiger partial charge in [0.05, 0.1) is 42.7 Å². The van der Waals surface area contributed by atoms with Crippen LogP contribution in [0.2, 0.25) is 0 Å². The van der Waals surface area contributed by atoms with E-state index >= 15 is 0 Å². The summed E-state index contributed by atoms with van der Waals surface area (Å²) in [4.78, 5) is 74.6. The molecule has 1 aromatic rings. The van der Waals surface area contributed by atoms with Crippen molar-refractivity contribution in [1.29, 1.82) is 0 Å². The van der Waals surface area contributed by atoms with Gasteiger partial charge in [0, 0.05) is 41.3 Å². The number of esters is 1. The van der Waals surface area contributed by atoms with Gasteiger partial charge < -0.3 is 39.5 Å². The van der Waals surface area contributed by atoms with E-state index in [1.165, 1.54) is 7.11 Å². The smallest absolute Gasteiger partial charge is 0.329 e. The molecule has 0 radical (unpaired) electrons. The minimum atomic E-state index is -0.923. The first-order valence-corrected chi connectivity index (χ1v) is 20.8. The number of likely N-dealkylation sites (tertiary alicyclic amines) is 1. The lowest BCUT2D eigenvalue weighted by Gasteiger charge is -2.42. The van der Waals surface area contributed by atoms with Gasteiger partial charge in [-0.1, -0.05) is 85.2 Å². The molecule has 4 amide bonds. The third-order valence-corrected chi connectivity index (χ3v) is 11.4. The third-order valence-electron chi connectivity index (χ3n) is 11.4. The van der Waals surface area contributed by atoms with Crippen LogP contribution in [0.3, 0.4) is 0 Å². The number of amides is 4. The van der Waals surface area contributed by atoms with E-state index in [1.54, 1.807) is 70.6 Å². The average molecular weight is 802 g/mol. The molecule has 0 aliphatic carbocycles. The van der Waals surface area contributed by atoms with E-state index in [9.17, 15) is 24.0 Å². The van der Waals surface area contributed by atoms with Crippen LogP contribution >= 0.6 is 0 Å². The maximum Gasteiger partial charge on any atom is 0.329 e. The molecule has 0 aromatic heterocycles. The van der Waals surface area contributed by atoms with Gasteiger partial charge in [0.2, 0.25) is 23.6 Å². The van der Waals surface area contributed by atoms with Crippen LogP contribution < -0.4 is 10.6 Å². The van der Waals surface area contributed by atoms with E-state index in [0.717, 1.165) is 18.4 Å². The minimum Gasteiger partial charge on any atom is -0.458 e. The van der Waals surface area contributed by atoms with Gasteiger partial charge >= 0.3 is 5.97 Å². The molecule has 1 saturated heterocycles. The second-order valence-corrected chi connectivity index (χ2v) is 17.5. The zero-order chi connectivity index (χ0) is 43.4. The fourth-order valence-corrected chi connectivity index (χ4v) is 8.23. The van der Waals surface area contributed by atoms with Crippen LogP contribution in [0.15, 0.2) is 30.3 Å². The highest BCUT2D eigenvalue weighted by Crippen LogP contribution is 2.30. The Morgan fingerprint density at radius 1 is 0.895 bits per heavy atom. The number of likely N-dealkylation sites (N-methyl/N-ethyl adjacent to an activating group) is 3. The predicted octanol–water partition coefficient (Wildman–Crippen LogP) is 4.70. The first-order valence-electron chi connectivity index (χ1n) is 20.8. The first-order chi connectivity index (χ1) is 26.6. The minimum absolute atomic E-state index is 0.00469. The topological polar surface area (TPSA) is 147 Å². The number of carbonyl (C=O) groups is 5. The first kappa shape index (κ1) is 49.6. The summed E-state index contributed by atoms with van der Waals surface area (Å²) in [7, 11) is 8.27. The highest BCUT2D eigenvalue weighted by molar-refractivity contribution is 5.90. The maximum absolute atomic E-state index is 14.4. The molecule has 0 bridgehead atoms. The standard InChI is InChI=1S/C44H75N5O8/c1-16-29(6)38(48(13)42(53)37(28(4)5)47(12)41(52)36(45-11)27(2)3)34(55-14)26-35(50)49-24-20-23-33(49)39(56-15)30(7)40(51)46-32(43(54)57-44(8,9)10)25-31-21-18-17-19-22-31/h17-19,21-22,27-30,32-34,36-39,45H,16,20,23-26H2,1-15H3,(H,46,51)/t29-,30+,32-,33-,34+,36-,37-,38-,39+/m0/s1. The van der Waals surface area contributed by atoms with Gasteiger partial charge in [-0.25, -0.2) is 4.79 Å². The summed E-state index contributed by atoms with van der Waals surface area (Å²) in [5, 5.41) is 6.03. The Bertz CT molecular complexity index is 1450. The van der Waals surface area contributed by atoms with Gasteiger partial charge in [0.25, 0.3) is 0 Å². The van der Waals surface area contributed by atoms with E-state index < -0.39 is 59.9 Å². The van der Waals surface area contributed by atoms with Crippen molar-refractivity contribution in [3.63, 3.8) is 0 Å². The molecule has 0 spiro atoms. The second kappa shape index (κ2) is 22.6. The van der Waals surface area contributed by atoms with Crippen LogP contribution in [0.5, 0.6) is 0 Å². The summed E-state index contributed by atoms with van der Waals surface area (Å²) in [6.45, 7) is 19.5. The van der Waals surface area contributed by atoms with Gasteiger partial charge in [-0.2, -0.15) is 0 Å². The van der Waals surface area contributed by atoms with E-state index in [4.69, 9.17) is 14.2 Å². The summed E-state index contributed by atoms with van der Waals surface area (Å²) in [6.07, 6.45) is 1.04. The molecule has 57 heavy (non-hydrogen) atoms. The number of nitrogens with zero attached hydrogens (tertiary/aromatic N) is 3. The largest absolute Gasteiger partial charge is 0.458 e. The quantitative estimate of drug-likeness (QED) is 0.169. The Morgan fingerprint density at radius 2 is 1.51 bits per heavy atom. The molecule has 1 aliphatic rings.